The third kappa shape index (κ3) is 4.10. The molecule has 0 saturated heterocycles. The van der Waals surface area contributed by atoms with E-state index in [4.69, 9.17) is 16.3 Å². The molecule has 27 heavy (non-hydrogen) atoms. The van der Waals surface area contributed by atoms with Crippen LogP contribution in [0.3, 0.4) is 0 Å². The summed E-state index contributed by atoms with van der Waals surface area (Å²) < 4.78 is 21.1. The van der Waals surface area contributed by atoms with Crippen LogP contribution in [0, 0.1) is 12.8 Å². The first-order valence-electron chi connectivity index (χ1n) is 9.28. The smallest absolute Gasteiger partial charge is 0.257 e. The Morgan fingerprint density at radius 2 is 2.26 bits per heavy atom. The summed E-state index contributed by atoms with van der Waals surface area (Å²) in [6.07, 6.45) is 3.08. The minimum Gasteiger partial charge on any atom is -0.475 e. The van der Waals surface area contributed by atoms with E-state index in [0.29, 0.717) is 35.0 Å². The lowest BCUT2D eigenvalue weighted by Gasteiger charge is -2.22. The van der Waals surface area contributed by atoms with Crippen LogP contribution in [0.15, 0.2) is 6.20 Å². The molecule has 3 atom stereocenters. The molecule has 0 amide bonds. The van der Waals surface area contributed by atoms with Crippen molar-refractivity contribution in [3.63, 3.8) is 0 Å². The Kier molecular flexibility index (Phi) is 6.04. The van der Waals surface area contributed by atoms with Crippen molar-refractivity contribution in [2.24, 2.45) is 5.92 Å². The fourth-order valence-corrected chi connectivity index (χ4v) is 3.40. The van der Waals surface area contributed by atoms with Gasteiger partial charge in [-0.3, -0.25) is 9.07 Å². The van der Waals surface area contributed by atoms with Gasteiger partial charge in [-0.25, -0.2) is 4.98 Å². The molecule has 148 valence electrons. The number of hydrogen-bond donors (Lipinski definition) is 2. The molecule has 0 aliphatic carbocycles. The van der Waals surface area contributed by atoms with Crippen molar-refractivity contribution < 1.29 is 9.13 Å². The van der Waals surface area contributed by atoms with Crippen LogP contribution in [-0.4, -0.2) is 39.1 Å². The first-order valence-corrected chi connectivity index (χ1v) is 9.66. The predicted octanol–water partition coefficient (Wildman–Crippen LogP) is 4.52. The maximum atomic E-state index is 13.3. The fourth-order valence-electron chi connectivity index (χ4n) is 3.26. The van der Waals surface area contributed by atoms with Crippen molar-refractivity contribution in [3.05, 3.63) is 16.9 Å². The first-order chi connectivity index (χ1) is 12.9. The summed E-state index contributed by atoms with van der Waals surface area (Å²) in [5, 5.41) is 11.6. The highest BCUT2D eigenvalue weighted by Gasteiger charge is 2.26. The lowest BCUT2D eigenvalue weighted by atomic mass is 10.0. The Morgan fingerprint density at radius 3 is 2.96 bits per heavy atom. The van der Waals surface area contributed by atoms with Gasteiger partial charge in [0.1, 0.15) is 10.7 Å². The molecule has 2 bridgehead atoms. The van der Waals surface area contributed by atoms with Crippen molar-refractivity contribution in [3.8, 4) is 5.88 Å². The van der Waals surface area contributed by atoms with Crippen molar-refractivity contribution in [1.29, 1.82) is 0 Å². The lowest BCUT2D eigenvalue weighted by molar-refractivity contribution is 0.243. The molecule has 3 rings (SSSR count). The van der Waals surface area contributed by atoms with E-state index in [-0.39, 0.29) is 18.0 Å². The molecule has 0 spiro atoms. The Balaban J connectivity index is 2.04. The number of fused-ring (bicyclic) bond motifs is 3. The van der Waals surface area contributed by atoms with Crippen LogP contribution in [-0.2, 0) is 0 Å². The lowest BCUT2D eigenvalue weighted by Crippen LogP contribution is -2.21. The van der Waals surface area contributed by atoms with Crippen LogP contribution in [0.4, 0.5) is 21.8 Å². The van der Waals surface area contributed by atoms with Crippen LogP contribution in [0.2, 0.25) is 5.02 Å². The van der Waals surface area contributed by atoms with E-state index in [1.165, 1.54) is 0 Å². The highest BCUT2D eigenvalue weighted by molar-refractivity contribution is 6.32. The van der Waals surface area contributed by atoms with Crippen LogP contribution in [0.5, 0.6) is 5.88 Å². The average Bonchev–Trinajstić information content (AvgIpc) is 2.93. The van der Waals surface area contributed by atoms with Gasteiger partial charge in [0.2, 0.25) is 5.95 Å². The SMILES string of the molecule is CCC(C(C)CF)n1nc2c(c1C)Nc1ncc(Cl)c(n1)N[C@H](C)CCO2. The second kappa shape index (κ2) is 8.29. The number of nitrogens with one attached hydrogen (secondary N) is 2. The second-order valence-corrected chi connectivity index (χ2v) is 7.42. The van der Waals surface area contributed by atoms with Crippen LogP contribution >= 0.6 is 11.6 Å². The standard InChI is InChI=1S/C18H26ClFN6O/c1-5-14(10(2)8-20)26-12(4)15-17(25-26)27-7-6-11(3)22-16-13(19)9-21-18(23-15)24-16/h9-11,14H,5-8H2,1-4H3,(H2,21,22,23,24)/t10?,11-,14?/m1/s1. The van der Waals surface area contributed by atoms with E-state index in [2.05, 4.69) is 25.7 Å². The normalized spacial score (nSPS) is 19.0. The molecule has 1 aliphatic heterocycles. The summed E-state index contributed by atoms with van der Waals surface area (Å²) >= 11 is 6.20. The molecule has 9 heteroatoms. The molecule has 3 heterocycles. The number of nitrogens with zero attached hydrogens (tertiary/aromatic N) is 4. The number of anilines is 3. The number of hydrogen-bond acceptors (Lipinski definition) is 6. The van der Waals surface area contributed by atoms with E-state index < -0.39 is 6.67 Å². The van der Waals surface area contributed by atoms with E-state index >= 15 is 0 Å². The Labute approximate surface area is 163 Å². The van der Waals surface area contributed by atoms with E-state index in [1.54, 1.807) is 6.20 Å². The zero-order valence-electron chi connectivity index (χ0n) is 16.1. The third-order valence-corrected chi connectivity index (χ3v) is 5.18. The minimum atomic E-state index is -0.399. The van der Waals surface area contributed by atoms with Crippen molar-refractivity contribution in [2.45, 2.75) is 52.6 Å². The van der Waals surface area contributed by atoms with Crippen molar-refractivity contribution in [2.75, 3.05) is 23.9 Å². The molecular weight excluding hydrogens is 371 g/mol. The number of alkyl halides is 1. The van der Waals surface area contributed by atoms with E-state index in [0.717, 1.165) is 18.5 Å². The zero-order valence-corrected chi connectivity index (χ0v) is 16.8. The van der Waals surface area contributed by atoms with Gasteiger partial charge in [-0.05, 0) is 20.3 Å². The molecule has 0 aromatic carbocycles. The highest BCUT2D eigenvalue weighted by Crippen LogP contribution is 2.35. The molecule has 2 N–H and O–H groups in total. The monoisotopic (exact) mass is 396 g/mol. The first kappa shape index (κ1) is 19.7. The number of ether oxygens (including phenoxy) is 1. The molecule has 2 aromatic heterocycles. The van der Waals surface area contributed by atoms with Crippen LogP contribution in [0.25, 0.3) is 0 Å². The van der Waals surface area contributed by atoms with Gasteiger partial charge in [0.05, 0.1) is 31.2 Å². The molecule has 1 aliphatic rings. The number of aromatic nitrogens is 4. The quantitative estimate of drug-likeness (QED) is 0.791. The van der Waals surface area contributed by atoms with Crippen molar-refractivity contribution >= 4 is 29.1 Å². The molecule has 0 radical (unpaired) electrons. The summed E-state index contributed by atoms with van der Waals surface area (Å²) in [5.41, 5.74) is 1.56. The topological polar surface area (TPSA) is 76.9 Å². The Hall–Kier alpha value is -2.09. The summed E-state index contributed by atoms with van der Waals surface area (Å²) in [7, 11) is 0. The van der Waals surface area contributed by atoms with Crippen LogP contribution < -0.4 is 15.4 Å². The van der Waals surface area contributed by atoms with Gasteiger partial charge in [0.25, 0.3) is 5.88 Å². The number of halogens is 2. The van der Waals surface area contributed by atoms with Crippen LogP contribution in [0.1, 0.15) is 45.3 Å². The van der Waals surface area contributed by atoms with Crippen molar-refractivity contribution in [1.82, 2.24) is 19.7 Å². The van der Waals surface area contributed by atoms with Gasteiger partial charge in [-0.1, -0.05) is 25.4 Å². The van der Waals surface area contributed by atoms with E-state index in [9.17, 15) is 4.39 Å². The molecule has 7 nitrogen and oxygen atoms in total. The highest BCUT2D eigenvalue weighted by atomic mass is 35.5. The molecule has 2 aromatic rings. The van der Waals surface area contributed by atoms with Gasteiger partial charge < -0.3 is 15.4 Å². The second-order valence-electron chi connectivity index (χ2n) is 7.01. The van der Waals surface area contributed by atoms with Gasteiger partial charge in [-0.2, -0.15) is 4.98 Å². The summed E-state index contributed by atoms with van der Waals surface area (Å²) in [4.78, 5) is 8.73. The maximum Gasteiger partial charge on any atom is 0.257 e. The summed E-state index contributed by atoms with van der Waals surface area (Å²) in [6.45, 7) is 7.98. The molecular formula is C18H26ClFN6O. The Morgan fingerprint density at radius 1 is 1.48 bits per heavy atom. The molecule has 0 fully saturated rings. The minimum absolute atomic E-state index is 0.0527. The summed E-state index contributed by atoms with van der Waals surface area (Å²) in [5.74, 6) is 1.31. The van der Waals surface area contributed by atoms with E-state index in [1.807, 2.05) is 32.4 Å². The zero-order chi connectivity index (χ0) is 19.6. The summed E-state index contributed by atoms with van der Waals surface area (Å²) in [6, 6.07) is 0.0630. The average molecular weight is 397 g/mol. The fraction of sp³-hybridized carbons (Fsp3) is 0.611. The molecule has 0 saturated carbocycles. The largest absolute Gasteiger partial charge is 0.475 e. The molecule has 2 unspecified atom stereocenters. The Bertz CT molecular complexity index is 798. The van der Waals surface area contributed by atoms with Gasteiger partial charge >= 0.3 is 0 Å². The van der Waals surface area contributed by atoms with Gasteiger partial charge in [0.15, 0.2) is 5.82 Å². The maximum absolute atomic E-state index is 13.3. The van der Waals surface area contributed by atoms with Gasteiger partial charge in [0, 0.05) is 18.4 Å². The predicted molar refractivity (Wildman–Crippen MR) is 105 cm³/mol. The third-order valence-electron chi connectivity index (χ3n) is 4.90. The number of rotatable bonds is 4. The van der Waals surface area contributed by atoms with Gasteiger partial charge in [-0.15, -0.1) is 5.10 Å².